The topological polar surface area (TPSA) is 85.0 Å². The van der Waals surface area contributed by atoms with Crippen LogP contribution in [0.15, 0.2) is 24.3 Å². The minimum absolute atomic E-state index is 0.0579. The van der Waals surface area contributed by atoms with Crippen molar-refractivity contribution >= 4 is 29.2 Å². The van der Waals surface area contributed by atoms with E-state index in [2.05, 4.69) is 27.4 Å². The number of rotatable bonds is 7. The molecule has 2 aliphatic rings. The lowest BCUT2D eigenvalue weighted by molar-refractivity contribution is -0.120. The second-order valence-corrected chi connectivity index (χ2v) is 7.32. The van der Waals surface area contributed by atoms with Crippen molar-refractivity contribution in [2.24, 2.45) is 0 Å². The average Bonchev–Trinajstić information content (AvgIpc) is 2.67. The van der Waals surface area contributed by atoms with E-state index < -0.39 is 6.03 Å². The summed E-state index contributed by atoms with van der Waals surface area (Å²) in [7, 11) is 0. The number of carbonyl (C=O) groups excluding carboxylic acids is 3. The first-order valence-corrected chi connectivity index (χ1v) is 10.0. The van der Waals surface area contributed by atoms with Crippen LogP contribution in [0.1, 0.15) is 26.2 Å². The van der Waals surface area contributed by atoms with Gasteiger partial charge in [-0.1, -0.05) is 19.4 Å². The van der Waals surface area contributed by atoms with Crippen LogP contribution in [-0.2, 0) is 9.59 Å². The van der Waals surface area contributed by atoms with Gasteiger partial charge in [0.15, 0.2) is 0 Å². The summed E-state index contributed by atoms with van der Waals surface area (Å²) in [6, 6.07) is 6.72. The Kier molecular flexibility index (Phi) is 7.00. The van der Waals surface area contributed by atoms with Gasteiger partial charge in [0.2, 0.25) is 11.8 Å². The summed E-state index contributed by atoms with van der Waals surface area (Å²) >= 11 is 0. The van der Waals surface area contributed by atoms with E-state index in [9.17, 15) is 14.4 Å². The lowest BCUT2D eigenvalue weighted by Crippen LogP contribution is -2.49. The minimum atomic E-state index is -0.430. The van der Waals surface area contributed by atoms with Gasteiger partial charge in [-0.05, 0) is 31.2 Å². The number of piperazine rings is 1. The molecule has 2 N–H and O–H groups in total. The molecule has 0 aliphatic carbocycles. The quantitative estimate of drug-likeness (QED) is 0.740. The van der Waals surface area contributed by atoms with Crippen LogP contribution in [0, 0.1) is 0 Å². The summed E-state index contributed by atoms with van der Waals surface area (Å²) in [5.74, 6) is -0.321. The molecule has 152 valence electrons. The molecule has 0 radical (unpaired) electrons. The summed E-state index contributed by atoms with van der Waals surface area (Å²) in [5.41, 5.74) is 1.31. The van der Waals surface area contributed by atoms with Crippen LogP contribution in [0.4, 0.5) is 16.2 Å². The van der Waals surface area contributed by atoms with Crippen LogP contribution in [0.3, 0.4) is 0 Å². The van der Waals surface area contributed by atoms with Gasteiger partial charge in [0.05, 0.1) is 6.54 Å². The Morgan fingerprint density at radius 1 is 1.11 bits per heavy atom. The van der Waals surface area contributed by atoms with Gasteiger partial charge >= 0.3 is 6.03 Å². The lowest BCUT2D eigenvalue weighted by atomic mass is 10.2. The Bertz CT molecular complexity index is 716. The number of urea groups is 1. The molecule has 0 atom stereocenters. The van der Waals surface area contributed by atoms with Gasteiger partial charge in [-0.15, -0.1) is 0 Å². The number of hydrogen-bond acceptors (Lipinski definition) is 5. The van der Waals surface area contributed by atoms with E-state index in [0.29, 0.717) is 24.5 Å². The summed E-state index contributed by atoms with van der Waals surface area (Å²) in [6.45, 7) is 7.86. The van der Waals surface area contributed by atoms with Crippen molar-refractivity contribution in [1.82, 2.24) is 15.1 Å². The van der Waals surface area contributed by atoms with E-state index in [-0.39, 0.29) is 18.2 Å². The average molecular weight is 387 g/mol. The molecule has 3 rings (SSSR count). The van der Waals surface area contributed by atoms with E-state index in [4.69, 9.17) is 0 Å². The Balaban J connectivity index is 1.50. The number of nitrogens with zero attached hydrogens (tertiary/aromatic N) is 3. The zero-order valence-corrected chi connectivity index (χ0v) is 16.4. The van der Waals surface area contributed by atoms with Crippen molar-refractivity contribution < 1.29 is 14.4 Å². The van der Waals surface area contributed by atoms with Gasteiger partial charge in [0.1, 0.15) is 0 Å². The number of amides is 4. The molecule has 8 nitrogen and oxygen atoms in total. The van der Waals surface area contributed by atoms with Crippen LogP contribution < -0.4 is 15.5 Å². The molecule has 1 aromatic carbocycles. The fraction of sp³-hybridized carbons (Fsp3) is 0.550. The van der Waals surface area contributed by atoms with Crippen LogP contribution in [0.2, 0.25) is 0 Å². The minimum Gasteiger partial charge on any atom is -0.325 e. The molecule has 2 heterocycles. The summed E-state index contributed by atoms with van der Waals surface area (Å²) in [6.07, 6.45) is 2.70. The predicted molar refractivity (Wildman–Crippen MR) is 108 cm³/mol. The standard InChI is InChI=1S/C20H29N5O3/c1-2-3-8-23-10-12-24(13-11-23)15-19(27)21-16-5-4-6-17(14-16)25-9-7-18(26)22-20(25)28/h4-6,14H,2-3,7-13,15H2,1H3,(H,21,27)(H,22,26,28). The molecular weight excluding hydrogens is 358 g/mol. The second kappa shape index (κ2) is 9.66. The molecule has 2 saturated heterocycles. The number of carbonyl (C=O) groups is 3. The number of anilines is 2. The predicted octanol–water partition coefficient (Wildman–Crippen LogP) is 1.49. The normalized spacial score (nSPS) is 18.8. The maximum atomic E-state index is 12.4. The van der Waals surface area contributed by atoms with Crippen molar-refractivity contribution in [2.75, 3.05) is 56.0 Å². The molecule has 28 heavy (non-hydrogen) atoms. The molecule has 0 aromatic heterocycles. The number of unbranched alkanes of at least 4 members (excludes halogenated alkanes) is 1. The first-order chi connectivity index (χ1) is 13.5. The van der Waals surface area contributed by atoms with Crippen molar-refractivity contribution in [3.8, 4) is 0 Å². The van der Waals surface area contributed by atoms with E-state index in [1.807, 2.05) is 0 Å². The Hall–Kier alpha value is -2.45. The van der Waals surface area contributed by atoms with Gasteiger partial charge in [-0.3, -0.25) is 24.7 Å². The zero-order valence-electron chi connectivity index (χ0n) is 16.4. The Labute approximate surface area is 165 Å². The van der Waals surface area contributed by atoms with Gasteiger partial charge in [0.25, 0.3) is 0 Å². The number of hydrogen-bond donors (Lipinski definition) is 2. The first kappa shape index (κ1) is 20.3. The highest BCUT2D eigenvalue weighted by Gasteiger charge is 2.24. The molecule has 4 amide bonds. The molecule has 1 aromatic rings. The highest BCUT2D eigenvalue weighted by atomic mass is 16.2. The third kappa shape index (κ3) is 5.53. The van der Waals surface area contributed by atoms with Gasteiger partial charge in [-0.25, -0.2) is 4.79 Å². The van der Waals surface area contributed by atoms with Crippen LogP contribution in [-0.4, -0.2) is 73.5 Å². The summed E-state index contributed by atoms with van der Waals surface area (Å²) < 4.78 is 0. The maximum absolute atomic E-state index is 12.4. The summed E-state index contributed by atoms with van der Waals surface area (Å²) in [4.78, 5) is 41.8. The van der Waals surface area contributed by atoms with E-state index in [1.165, 1.54) is 17.7 Å². The first-order valence-electron chi connectivity index (χ1n) is 10.0. The fourth-order valence-electron chi connectivity index (χ4n) is 3.52. The van der Waals surface area contributed by atoms with E-state index in [1.54, 1.807) is 24.3 Å². The monoisotopic (exact) mass is 387 g/mol. The fourth-order valence-corrected chi connectivity index (χ4v) is 3.52. The van der Waals surface area contributed by atoms with Crippen LogP contribution in [0.25, 0.3) is 0 Å². The van der Waals surface area contributed by atoms with Crippen molar-refractivity contribution in [3.63, 3.8) is 0 Å². The SMILES string of the molecule is CCCCN1CCN(CC(=O)Nc2cccc(N3CCC(=O)NC3=O)c2)CC1. The van der Waals surface area contributed by atoms with Gasteiger partial charge in [-0.2, -0.15) is 0 Å². The smallest absolute Gasteiger partial charge is 0.325 e. The second-order valence-electron chi connectivity index (χ2n) is 7.32. The highest BCUT2D eigenvalue weighted by molar-refractivity contribution is 6.06. The molecule has 2 aliphatic heterocycles. The van der Waals surface area contributed by atoms with Crippen molar-refractivity contribution in [1.29, 1.82) is 0 Å². The van der Waals surface area contributed by atoms with Crippen molar-refractivity contribution in [2.45, 2.75) is 26.2 Å². The van der Waals surface area contributed by atoms with Gasteiger partial charge < -0.3 is 10.2 Å². The Morgan fingerprint density at radius 3 is 2.57 bits per heavy atom. The molecule has 2 fully saturated rings. The zero-order chi connectivity index (χ0) is 19.9. The number of imide groups is 1. The lowest BCUT2D eigenvalue weighted by Gasteiger charge is -2.34. The molecule has 0 bridgehead atoms. The molecule has 0 unspecified atom stereocenters. The third-order valence-electron chi connectivity index (χ3n) is 5.16. The van der Waals surface area contributed by atoms with Crippen LogP contribution in [0.5, 0.6) is 0 Å². The van der Waals surface area contributed by atoms with Crippen LogP contribution >= 0.6 is 0 Å². The van der Waals surface area contributed by atoms with E-state index in [0.717, 1.165) is 32.7 Å². The molecule has 8 heteroatoms. The highest BCUT2D eigenvalue weighted by Crippen LogP contribution is 2.21. The van der Waals surface area contributed by atoms with Gasteiger partial charge in [0, 0.05) is 50.5 Å². The van der Waals surface area contributed by atoms with Crippen molar-refractivity contribution in [3.05, 3.63) is 24.3 Å². The van der Waals surface area contributed by atoms with E-state index >= 15 is 0 Å². The molecule has 0 spiro atoms. The molecular formula is C20H29N5O3. The third-order valence-corrected chi connectivity index (χ3v) is 5.16. The summed E-state index contributed by atoms with van der Waals surface area (Å²) in [5, 5.41) is 5.23. The maximum Gasteiger partial charge on any atom is 0.328 e. The largest absolute Gasteiger partial charge is 0.328 e. The molecule has 0 saturated carbocycles. The number of nitrogens with one attached hydrogen (secondary N) is 2. The number of benzene rings is 1. The Morgan fingerprint density at radius 2 is 1.86 bits per heavy atom.